The van der Waals surface area contributed by atoms with E-state index in [0.29, 0.717) is 13.0 Å². The van der Waals surface area contributed by atoms with Gasteiger partial charge in [-0.3, -0.25) is 4.79 Å². The summed E-state index contributed by atoms with van der Waals surface area (Å²) in [5.74, 6) is 0.752. The van der Waals surface area contributed by atoms with Crippen LogP contribution in [0, 0.1) is 6.92 Å². The van der Waals surface area contributed by atoms with Crippen LogP contribution in [0.2, 0.25) is 0 Å². The van der Waals surface area contributed by atoms with Gasteiger partial charge in [-0.05, 0) is 38.2 Å². The van der Waals surface area contributed by atoms with E-state index in [1.807, 2.05) is 51.4 Å². The smallest absolute Gasteiger partial charge is 0.224 e. The number of benzene rings is 2. The number of ether oxygens (including phenoxy) is 1. The van der Waals surface area contributed by atoms with E-state index >= 15 is 0 Å². The number of methoxy groups -OCH3 is 1. The number of nitrogens with zero attached hydrogens (tertiary/aromatic N) is 1. The molecule has 2 rings (SSSR count). The zero-order valence-electron chi connectivity index (χ0n) is 14.9. The number of rotatable bonds is 7. The maximum Gasteiger partial charge on any atom is 0.224 e. The van der Waals surface area contributed by atoms with Gasteiger partial charge in [-0.15, -0.1) is 0 Å². The van der Waals surface area contributed by atoms with Gasteiger partial charge in [-0.25, -0.2) is 0 Å². The molecule has 24 heavy (non-hydrogen) atoms. The number of nitrogens with one attached hydrogen (secondary N) is 1. The summed E-state index contributed by atoms with van der Waals surface area (Å²) in [4.78, 5) is 14.4. The summed E-state index contributed by atoms with van der Waals surface area (Å²) in [6, 6.07) is 14.1. The Morgan fingerprint density at radius 3 is 2.46 bits per heavy atom. The molecule has 0 unspecified atom stereocenters. The number of hydrogen-bond donors (Lipinski definition) is 1. The first-order valence-corrected chi connectivity index (χ1v) is 8.11. The van der Waals surface area contributed by atoms with Crippen LogP contribution >= 0.6 is 0 Å². The summed E-state index contributed by atoms with van der Waals surface area (Å²) < 4.78 is 5.34. The molecular formula is C20H26N2O2. The Morgan fingerprint density at radius 2 is 1.79 bits per heavy atom. The second-order valence-electron chi connectivity index (χ2n) is 6.28. The zero-order valence-corrected chi connectivity index (χ0v) is 14.9. The Balaban J connectivity index is 2.00. The van der Waals surface area contributed by atoms with E-state index in [9.17, 15) is 4.79 Å². The van der Waals surface area contributed by atoms with Crippen LogP contribution in [0.1, 0.15) is 22.3 Å². The Kier molecular flexibility index (Phi) is 6.38. The van der Waals surface area contributed by atoms with Crippen molar-refractivity contribution in [2.45, 2.75) is 26.4 Å². The van der Waals surface area contributed by atoms with Crippen LogP contribution < -0.4 is 10.1 Å². The van der Waals surface area contributed by atoms with Crippen LogP contribution in [-0.2, 0) is 24.3 Å². The van der Waals surface area contributed by atoms with Crippen LogP contribution in [0.4, 0.5) is 0 Å². The Hall–Kier alpha value is -2.33. The van der Waals surface area contributed by atoms with Crippen LogP contribution in [0.25, 0.3) is 0 Å². The number of carbonyl (C=O) groups excluding carboxylic acids is 1. The van der Waals surface area contributed by atoms with Crippen molar-refractivity contribution in [1.29, 1.82) is 0 Å². The summed E-state index contributed by atoms with van der Waals surface area (Å²) >= 11 is 0. The van der Waals surface area contributed by atoms with Crippen molar-refractivity contribution >= 4 is 5.91 Å². The molecule has 0 saturated carbocycles. The minimum atomic E-state index is -0.00134. The van der Waals surface area contributed by atoms with Gasteiger partial charge >= 0.3 is 0 Å². The van der Waals surface area contributed by atoms with Gasteiger partial charge in [0.05, 0.1) is 13.5 Å². The van der Waals surface area contributed by atoms with Crippen molar-refractivity contribution in [3.8, 4) is 5.75 Å². The maximum atomic E-state index is 12.3. The lowest BCUT2D eigenvalue weighted by Crippen LogP contribution is -2.25. The lowest BCUT2D eigenvalue weighted by atomic mass is 10.1. The molecule has 4 heteroatoms. The van der Waals surface area contributed by atoms with Crippen LogP contribution in [-0.4, -0.2) is 32.0 Å². The monoisotopic (exact) mass is 326 g/mol. The van der Waals surface area contributed by atoms with Crippen LogP contribution in [0.3, 0.4) is 0 Å². The highest BCUT2D eigenvalue weighted by Crippen LogP contribution is 2.20. The summed E-state index contributed by atoms with van der Waals surface area (Å²) in [5.41, 5.74) is 4.41. The zero-order chi connectivity index (χ0) is 17.5. The fourth-order valence-corrected chi connectivity index (χ4v) is 2.70. The van der Waals surface area contributed by atoms with Crippen LogP contribution in [0.15, 0.2) is 42.5 Å². The summed E-state index contributed by atoms with van der Waals surface area (Å²) in [5, 5.41) is 3.02. The van der Waals surface area contributed by atoms with Gasteiger partial charge in [0.15, 0.2) is 0 Å². The average molecular weight is 326 g/mol. The number of carbonyl (C=O) groups is 1. The van der Waals surface area contributed by atoms with Crippen molar-refractivity contribution in [1.82, 2.24) is 10.2 Å². The largest absolute Gasteiger partial charge is 0.496 e. The van der Waals surface area contributed by atoms with Crippen LogP contribution in [0.5, 0.6) is 5.75 Å². The highest BCUT2D eigenvalue weighted by Gasteiger charge is 2.10. The van der Waals surface area contributed by atoms with E-state index in [1.165, 1.54) is 5.56 Å². The first-order valence-electron chi connectivity index (χ1n) is 8.11. The molecule has 0 heterocycles. The van der Waals surface area contributed by atoms with Gasteiger partial charge in [-0.2, -0.15) is 0 Å². The van der Waals surface area contributed by atoms with Gasteiger partial charge < -0.3 is 15.0 Å². The molecule has 2 aromatic rings. The van der Waals surface area contributed by atoms with E-state index in [0.717, 1.165) is 29.0 Å². The highest BCUT2D eigenvalue weighted by molar-refractivity contribution is 5.79. The molecule has 1 N–H and O–H groups in total. The molecule has 0 aliphatic rings. The predicted octanol–water partition coefficient (Wildman–Crippen LogP) is 2.92. The lowest BCUT2D eigenvalue weighted by molar-refractivity contribution is -0.120. The number of hydrogen-bond acceptors (Lipinski definition) is 3. The van der Waals surface area contributed by atoms with Gasteiger partial charge in [0.25, 0.3) is 0 Å². The van der Waals surface area contributed by atoms with E-state index < -0.39 is 0 Å². The van der Waals surface area contributed by atoms with E-state index in [-0.39, 0.29) is 5.91 Å². The molecular weight excluding hydrogens is 300 g/mol. The summed E-state index contributed by atoms with van der Waals surface area (Å²) in [6.07, 6.45) is 0.320. The first-order chi connectivity index (χ1) is 11.5. The van der Waals surface area contributed by atoms with E-state index in [1.54, 1.807) is 7.11 Å². The third-order valence-corrected chi connectivity index (χ3v) is 3.87. The molecule has 0 aliphatic carbocycles. The first kappa shape index (κ1) is 18.0. The third kappa shape index (κ3) is 5.10. The number of amides is 1. The Bertz CT molecular complexity index is 696. The predicted molar refractivity (Wildman–Crippen MR) is 97.1 cm³/mol. The van der Waals surface area contributed by atoms with Gasteiger partial charge in [0.2, 0.25) is 5.91 Å². The van der Waals surface area contributed by atoms with Gasteiger partial charge in [-0.1, -0.05) is 42.0 Å². The summed E-state index contributed by atoms with van der Waals surface area (Å²) in [6.45, 7) is 3.41. The quantitative estimate of drug-likeness (QED) is 0.850. The molecule has 4 nitrogen and oxygen atoms in total. The number of aryl methyl sites for hydroxylation is 1. The van der Waals surface area contributed by atoms with Gasteiger partial charge in [0.1, 0.15) is 5.75 Å². The topological polar surface area (TPSA) is 41.6 Å². The van der Waals surface area contributed by atoms with Crippen molar-refractivity contribution in [2.75, 3.05) is 21.2 Å². The molecule has 0 spiro atoms. The average Bonchev–Trinajstić information content (AvgIpc) is 2.54. The van der Waals surface area contributed by atoms with Crippen molar-refractivity contribution in [2.24, 2.45) is 0 Å². The summed E-state index contributed by atoms with van der Waals surface area (Å²) in [7, 11) is 5.71. The molecule has 0 aliphatic heterocycles. The maximum absolute atomic E-state index is 12.3. The second kappa shape index (κ2) is 8.50. The fourth-order valence-electron chi connectivity index (χ4n) is 2.70. The standard InChI is InChI=1S/C20H26N2O2/c1-15-9-10-19(24-4)18(11-15)12-20(23)21-13-16-7-5-6-8-17(16)14-22(2)3/h5-11H,12-14H2,1-4H3,(H,21,23). The van der Waals surface area contributed by atoms with E-state index in [2.05, 4.69) is 22.3 Å². The normalized spacial score (nSPS) is 10.7. The van der Waals surface area contributed by atoms with Crippen molar-refractivity contribution in [3.05, 3.63) is 64.7 Å². The van der Waals surface area contributed by atoms with Crippen molar-refractivity contribution in [3.63, 3.8) is 0 Å². The second-order valence-corrected chi connectivity index (χ2v) is 6.28. The Morgan fingerprint density at radius 1 is 1.08 bits per heavy atom. The van der Waals surface area contributed by atoms with E-state index in [4.69, 9.17) is 4.74 Å². The minimum absolute atomic E-state index is 0.00134. The fraction of sp³-hybridized carbons (Fsp3) is 0.350. The molecule has 0 aromatic heterocycles. The third-order valence-electron chi connectivity index (χ3n) is 3.87. The molecule has 1 amide bonds. The molecule has 2 aromatic carbocycles. The molecule has 0 bridgehead atoms. The Labute approximate surface area is 144 Å². The van der Waals surface area contributed by atoms with Gasteiger partial charge in [0, 0.05) is 18.7 Å². The molecule has 128 valence electrons. The molecule has 0 atom stereocenters. The highest BCUT2D eigenvalue weighted by atomic mass is 16.5. The lowest BCUT2D eigenvalue weighted by Gasteiger charge is -2.15. The molecule has 0 fully saturated rings. The van der Waals surface area contributed by atoms with Crippen molar-refractivity contribution < 1.29 is 9.53 Å². The minimum Gasteiger partial charge on any atom is -0.496 e. The SMILES string of the molecule is COc1ccc(C)cc1CC(=O)NCc1ccccc1CN(C)C. The molecule has 0 radical (unpaired) electrons. The molecule has 0 saturated heterocycles.